The van der Waals surface area contributed by atoms with Crippen molar-refractivity contribution in [1.29, 1.82) is 0 Å². The van der Waals surface area contributed by atoms with Gasteiger partial charge in [0.05, 0.1) is 6.26 Å². The van der Waals surface area contributed by atoms with Crippen LogP contribution in [0.15, 0.2) is 30.3 Å². The van der Waals surface area contributed by atoms with Crippen LogP contribution in [0.1, 0.15) is 31.2 Å². The fraction of sp³-hybridized carbons (Fsp3) is 0.611. The van der Waals surface area contributed by atoms with E-state index in [0.717, 1.165) is 38.9 Å². The summed E-state index contributed by atoms with van der Waals surface area (Å²) < 4.78 is 24.9. The Morgan fingerprint density at radius 2 is 1.80 bits per heavy atom. The third-order valence-electron chi connectivity index (χ3n) is 5.12. The highest BCUT2D eigenvalue weighted by Crippen LogP contribution is 2.21. The molecular weight excluding hydrogens is 338 g/mol. The van der Waals surface area contributed by atoms with Gasteiger partial charge in [0.2, 0.25) is 15.9 Å². The molecule has 1 aromatic carbocycles. The van der Waals surface area contributed by atoms with Gasteiger partial charge in [-0.25, -0.2) is 8.42 Å². The molecule has 2 saturated heterocycles. The summed E-state index contributed by atoms with van der Waals surface area (Å²) >= 11 is 0. The van der Waals surface area contributed by atoms with E-state index < -0.39 is 16.1 Å². The molecule has 1 atom stereocenters. The summed E-state index contributed by atoms with van der Waals surface area (Å²) in [5.41, 5.74) is 1.31. The molecule has 25 heavy (non-hydrogen) atoms. The summed E-state index contributed by atoms with van der Waals surface area (Å²) in [4.78, 5) is 14.9. The lowest BCUT2D eigenvalue weighted by Crippen LogP contribution is -2.51. The van der Waals surface area contributed by atoms with Gasteiger partial charge in [0.15, 0.2) is 0 Å². The minimum absolute atomic E-state index is 0.135. The molecule has 2 fully saturated rings. The monoisotopic (exact) mass is 365 g/mol. The van der Waals surface area contributed by atoms with Crippen molar-refractivity contribution < 1.29 is 13.2 Å². The number of carbonyl (C=O) groups excluding carboxylic acids is 1. The predicted octanol–water partition coefficient (Wildman–Crippen LogP) is 1.19. The van der Waals surface area contributed by atoms with Gasteiger partial charge in [0.25, 0.3) is 0 Å². The molecule has 0 aliphatic carbocycles. The van der Waals surface area contributed by atoms with Gasteiger partial charge < -0.3 is 5.32 Å². The van der Waals surface area contributed by atoms with Gasteiger partial charge in [-0.3, -0.25) is 9.69 Å². The number of likely N-dealkylation sites (tertiary alicyclic amines) is 1. The van der Waals surface area contributed by atoms with E-state index in [9.17, 15) is 13.2 Å². The third-order valence-corrected chi connectivity index (χ3v) is 6.40. The minimum atomic E-state index is -3.32. The standard InChI is InChI=1S/C18H27N3O3S/c1-25(23,24)21-11-5-8-17(21)18(22)19-16-9-12-20(13-10-16)14-15-6-3-2-4-7-15/h2-4,6-7,16-17H,5,8-14H2,1H3,(H,19,22). The van der Waals surface area contributed by atoms with Crippen LogP contribution in [0.4, 0.5) is 0 Å². The van der Waals surface area contributed by atoms with Crippen LogP contribution < -0.4 is 5.32 Å². The largest absolute Gasteiger partial charge is 0.352 e. The van der Waals surface area contributed by atoms with Crippen LogP contribution in [0.3, 0.4) is 0 Å². The number of nitrogens with zero attached hydrogens (tertiary/aromatic N) is 2. The van der Waals surface area contributed by atoms with E-state index in [1.54, 1.807) is 0 Å². The van der Waals surface area contributed by atoms with Gasteiger partial charge >= 0.3 is 0 Å². The lowest BCUT2D eigenvalue weighted by molar-refractivity contribution is -0.125. The van der Waals surface area contributed by atoms with Crippen LogP contribution in [0, 0.1) is 0 Å². The second-order valence-corrected chi connectivity index (χ2v) is 9.01. The zero-order valence-electron chi connectivity index (χ0n) is 14.7. The van der Waals surface area contributed by atoms with Crippen molar-refractivity contribution in [2.24, 2.45) is 0 Å². The summed E-state index contributed by atoms with van der Waals surface area (Å²) in [5, 5.41) is 3.08. The molecule has 2 aliphatic rings. The molecule has 0 aromatic heterocycles. The quantitative estimate of drug-likeness (QED) is 0.851. The van der Waals surface area contributed by atoms with Gasteiger partial charge in [0, 0.05) is 32.2 Å². The maximum absolute atomic E-state index is 12.5. The van der Waals surface area contributed by atoms with E-state index in [4.69, 9.17) is 0 Å². The highest BCUT2D eigenvalue weighted by Gasteiger charge is 2.37. The Bertz CT molecular complexity index is 685. The van der Waals surface area contributed by atoms with E-state index in [1.165, 1.54) is 16.1 Å². The third kappa shape index (κ3) is 4.80. The summed E-state index contributed by atoms with van der Waals surface area (Å²) in [6.45, 7) is 3.28. The first-order chi connectivity index (χ1) is 11.9. The number of nitrogens with one attached hydrogen (secondary N) is 1. The SMILES string of the molecule is CS(=O)(=O)N1CCCC1C(=O)NC1CCN(Cc2ccccc2)CC1. The normalized spacial score (nSPS) is 23.6. The number of sulfonamides is 1. The Morgan fingerprint density at radius 3 is 2.44 bits per heavy atom. The molecule has 2 heterocycles. The zero-order chi connectivity index (χ0) is 17.9. The molecular formula is C18H27N3O3S. The van der Waals surface area contributed by atoms with E-state index in [2.05, 4.69) is 34.5 Å². The second kappa shape index (κ2) is 7.85. The zero-order valence-corrected chi connectivity index (χ0v) is 15.5. The molecule has 1 amide bonds. The predicted molar refractivity (Wildman–Crippen MR) is 97.5 cm³/mol. The number of rotatable bonds is 5. The maximum atomic E-state index is 12.5. The molecule has 6 nitrogen and oxygen atoms in total. The van der Waals surface area contributed by atoms with Crippen molar-refractivity contribution in [2.45, 2.75) is 44.3 Å². The average Bonchev–Trinajstić information content (AvgIpc) is 3.08. The fourth-order valence-corrected chi connectivity index (χ4v) is 4.90. The van der Waals surface area contributed by atoms with Crippen LogP contribution in [-0.2, 0) is 21.4 Å². The Balaban J connectivity index is 1.48. The average molecular weight is 365 g/mol. The first kappa shape index (κ1) is 18.4. The van der Waals surface area contributed by atoms with Crippen molar-refractivity contribution >= 4 is 15.9 Å². The second-order valence-electron chi connectivity index (χ2n) is 7.08. The van der Waals surface area contributed by atoms with Gasteiger partial charge in [-0.15, -0.1) is 0 Å². The molecule has 3 rings (SSSR count). The number of hydrogen-bond donors (Lipinski definition) is 1. The Kier molecular flexibility index (Phi) is 5.76. The molecule has 1 aromatic rings. The highest BCUT2D eigenvalue weighted by atomic mass is 32.2. The Labute approximate surface area is 150 Å². The van der Waals surface area contributed by atoms with Crippen LogP contribution in [0.25, 0.3) is 0 Å². The van der Waals surface area contributed by atoms with Gasteiger partial charge in [-0.2, -0.15) is 4.31 Å². The number of piperidine rings is 1. The smallest absolute Gasteiger partial charge is 0.238 e. The number of carbonyl (C=O) groups is 1. The molecule has 2 aliphatic heterocycles. The summed E-state index contributed by atoms with van der Waals surface area (Å²) in [7, 11) is -3.32. The number of benzene rings is 1. The maximum Gasteiger partial charge on any atom is 0.238 e. The van der Waals surface area contributed by atoms with E-state index in [-0.39, 0.29) is 11.9 Å². The lowest BCUT2D eigenvalue weighted by atomic mass is 10.0. The van der Waals surface area contributed by atoms with Crippen LogP contribution in [0.2, 0.25) is 0 Å². The van der Waals surface area contributed by atoms with E-state index in [0.29, 0.717) is 13.0 Å². The fourth-order valence-electron chi connectivity index (χ4n) is 3.77. The molecule has 0 saturated carbocycles. The minimum Gasteiger partial charge on any atom is -0.352 e. The highest BCUT2D eigenvalue weighted by molar-refractivity contribution is 7.88. The van der Waals surface area contributed by atoms with Crippen molar-refractivity contribution in [3.63, 3.8) is 0 Å². The van der Waals surface area contributed by atoms with Crippen molar-refractivity contribution in [3.05, 3.63) is 35.9 Å². The van der Waals surface area contributed by atoms with Gasteiger partial charge in [0.1, 0.15) is 6.04 Å². The van der Waals surface area contributed by atoms with Gasteiger partial charge in [-0.05, 0) is 31.2 Å². The topological polar surface area (TPSA) is 69.7 Å². The summed E-state index contributed by atoms with van der Waals surface area (Å²) in [6.07, 6.45) is 4.36. The van der Waals surface area contributed by atoms with Crippen LogP contribution in [-0.4, -0.2) is 61.5 Å². The molecule has 1 N–H and O–H groups in total. The molecule has 7 heteroatoms. The first-order valence-corrected chi connectivity index (χ1v) is 10.8. The molecule has 138 valence electrons. The summed E-state index contributed by atoms with van der Waals surface area (Å²) in [6, 6.07) is 10.0. The molecule has 0 radical (unpaired) electrons. The first-order valence-electron chi connectivity index (χ1n) is 8.97. The van der Waals surface area contributed by atoms with E-state index in [1.807, 2.05) is 6.07 Å². The van der Waals surface area contributed by atoms with Crippen molar-refractivity contribution in [2.75, 3.05) is 25.9 Å². The summed E-state index contributed by atoms with van der Waals surface area (Å²) in [5.74, 6) is -0.135. The lowest BCUT2D eigenvalue weighted by Gasteiger charge is -2.33. The van der Waals surface area contributed by atoms with Crippen LogP contribution >= 0.6 is 0 Å². The molecule has 0 spiro atoms. The van der Waals surface area contributed by atoms with E-state index >= 15 is 0 Å². The van der Waals surface area contributed by atoms with Crippen molar-refractivity contribution in [1.82, 2.24) is 14.5 Å². The Morgan fingerprint density at radius 1 is 1.12 bits per heavy atom. The van der Waals surface area contributed by atoms with Crippen LogP contribution in [0.5, 0.6) is 0 Å². The molecule has 0 bridgehead atoms. The number of amides is 1. The molecule has 1 unspecified atom stereocenters. The van der Waals surface area contributed by atoms with Crippen molar-refractivity contribution in [3.8, 4) is 0 Å². The van der Waals surface area contributed by atoms with Gasteiger partial charge in [-0.1, -0.05) is 30.3 Å². The Hall–Kier alpha value is -1.44. The number of hydrogen-bond acceptors (Lipinski definition) is 4.